The van der Waals surface area contributed by atoms with E-state index in [1.807, 2.05) is 25.3 Å². The second-order valence-electron chi connectivity index (χ2n) is 13.9. The van der Waals surface area contributed by atoms with E-state index in [2.05, 4.69) is 170 Å². The second-order valence-corrected chi connectivity index (χ2v) is 13.9. The molecule has 8 nitrogen and oxygen atoms in total. The van der Waals surface area contributed by atoms with Crippen LogP contribution in [0.3, 0.4) is 0 Å². The van der Waals surface area contributed by atoms with Gasteiger partial charge in [-0.3, -0.25) is 0 Å². The van der Waals surface area contributed by atoms with Gasteiger partial charge in [-0.2, -0.15) is 0 Å². The summed E-state index contributed by atoms with van der Waals surface area (Å²) in [7, 11) is 10.4. The summed E-state index contributed by atoms with van der Waals surface area (Å²) < 4.78 is 0. The highest BCUT2D eigenvalue weighted by Crippen LogP contribution is 2.32. The number of nitrogens with zero attached hydrogens (tertiary/aromatic N) is 8. The largest absolute Gasteiger partial charge is 0.378 e. The Kier molecular flexibility index (Phi) is 10.5. The zero-order valence-corrected chi connectivity index (χ0v) is 32.0. The van der Waals surface area contributed by atoms with E-state index >= 15 is 0 Å². The van der Waals surface area contributed by atoms with Crippen molar-refractivity contribution >= 4 is 76.6 Å². The number of rotatable bonds is 9. The summed E-state index contributed by atoms with van der Waals surface area (Å²) in [6.07, 6.45) is 6.92. The van der Waals surface area contributed by atoms with Crippen molar-refractivity contribution in [1.82, 2.24) is 9.97 Å². The Morgan fingerprint density at radius 1 is 0.667 bits per heavy atom. The van der Waals surface area contributed by atoms with Crippen LogP contribution in [0, 0.1) is 6.92 Å². The van der Waals surface area contributed by atoms with Gasteiger partial charge in [-0.25, -0.2) is 20.0 Å². The molecule has 0 fully saturated rings. The lowest BCUT2D eigenvalue weighted by Crippen LogP contribution is -2.66. The Morgan fingerprint density at radius 3 is 1.89 bits per heavy atom. The first kappa shape index (κ1) is 36.1. The predicted molar refractivity (Wildman–Crippen MR) is 234 cm³/mol. The first-order valence-corrected chi connectivity index (χ1v) is 18.2. The Labute approximate surface area is 319 Å². The smallest absolute Gasteiger partial charge is 0.365 e. The molecule has 10 heteroatoms. The average molecular weight is 707 g/mol. The summed E-state index contributed by atoms with van der Waals surface area (Å²) in [5, 5.41) is 0. The summed E-state index contributed by atoms with van der Waals surface area (Å²) in [6, 6.07) is 40.7. The third-order valence-electron chi connectivity index (χ3n) is 10.1. The van der Waals surface area contributed by atoms with Gasteiger partial charge in [-0.05, 0) is 82.3 Å². The molecule has 54 heavy (non-hydrogen) atoms. The molecule has 6 aromatic rings. The lowest BCUT2D eigenvalue weighted by Gasteiger charge is -2.31. The van der Waals surface area contributed by atoms with Gasteiger partial charge in [0.15, 0.2) is 0 Å². The Balaban J connectivity index is 1.50. The summed E-state index contributed by atoms with van der Waals surface area (Å²) in [5.41, 5.74) is 14.5. The zero-order valence-electron chi connectivity index (χ0n) is 32.0. The third kappa shape index (κ3) is 7.07. The van der Waals surface area contributed by atoms with Crippen LogP contribution in [0.5, 0.6) is 0 Å². The fraction of sp³-hybridized carbons (Fsp3) is 0.159. The lowest BCUT2D eigenvalue weighted by molar-refractivity contribution is 1.11. The molecule has 0 atom stereocenters. The predicted octanol–water partition coefficient (Wildman–Crippen LogP) is 5.80. The van der Waals surface area contributed by atoms with Gasteiger partial charge in [-0.15, -0.1) is 0 Å². The van der Waals surface area contributed by atoms with E-state index in [0.717, 1.165) is 67.0 Å². The molecule has 0 unspecified atom stereocenters. The van der Waals surface area contributed by atoms with Gasteiger partial charge in [0.05, 0.1) is 5.73 Å². The molecule has 5 aromatic carbocycles. The maximum absolute atomic E-state index is 5.58. The van der Waals surface area contributed by atoms with Crippen LogP contribution in [0.15, 0.2) is 143 Å². The van der Waals surface area contributed by atoms with Crippen LogP contribution >= 0.6 is 0 Å². The minimum atomic E-state index is -0.466. The SMILES string of the molecule is CC=N/C=N\C1=NB(c2ccc(N(C)C)cc2N(C)c2cc(N(C)C)ccc2C)c2ncncc2B1c1c(-c2ccccc2)cccc1-c1ccccc1. The minimum Gasteiger partial charge on any atom is -0.378 e. The molecule has 0 saturated heterocycles. The topological polar surface area (TPSA) is 72.6 Å². The van der Waals surface area contributed by atoms with Crippen molar-refractivity contribution in [2.24, 2.45) is 14.9 Å². The molecule has 0 bridgehead atoms. The monoisotopic (exact) mass is 706 g/mol. The van der Waals surface area contributed by atoms with E-state index in [1.165, 1.54) is 5.56 Å². The number of fused-ring (bicyclic) bond motifs is 1. The second kappa shape index (κ2) is 15.8. The Morgan fingerprint density at radius 2 is 1.28 bits per heavy atom. The standard InChI is InChI=1S/C44H44B2N8/c1-8-47-29-50-44-45(42-36(32-16-11-9-12-17-32)20-15-21-37(42)33-18-13-10-14-19-33)39-28-48-30-49-43(39)46(51-44)38-25-24-35(53(5)6)27-41(38)54(7)40-26-34(52(3)4)23-22-31(40)2/h8-30H,1-7H3/b47-8?,50-29-. The number of hydrogen-bond donors (Lipinski definition) is 0. The van der Waals surface area contributed by atoms with Crippen LogP contribution < -0.4 is 36.7 Å². The minimum absolute atomic E-state index is 0.381. The number of benzene rings is 5. The molecular weight excluding hydrogens is 662 g/mol. The molecular formula is C44H44B2N8. The third-order valence-corrected chi connectivity index (χ3v) is 10.1. The molecule has 0 N–H and O–H groups in total. The van der Waals surface area contributed by atoms with Crippen molar-refractivity contribution in [2.45, 2.75) is 13.8 Å². The van der Waals surface area contributed by atoms with Crippen LogP contribution in [0.25, 0.3) is 22.3 Å². The molecule has 0 saturated carbocycles. The van der Waals surface area contributed by atoms with E-state index in [0.29, 0.717) is 5.73 Å². The first-order valence-electron chi connectivity index (χ1n) is 18.2. The molecule has 1 aliphatic rings. The highest BCUT2D eigenvalue weighted by Gasteiger charge is 2.42. The molecule has 1 aromatic heterocycles. The molecule has 7 rings (SSSR count). The molecule has 0 spiro atoms. The van der Waals surface area contributed by atoms with Crippen molar-refractivity contribution in [2.75, 3.05) is 49.9 Å². The van der Waals surface area contributed by atoms with E-state index < -0.39 is 6.85 Å². The van der Waals surface area contributed by atoms with Crippen LogP contribution in [0.2, 0.25) is 0 Å². The van der Waals surface area contributed by atoms with E-state index in [-0.39, 0.29) is 6.71 Å². The first-order chi connectivity index (χ1) is 26.3. The number of amidine groups is 1. The van der Waals surface area contributed by atoms with Crippen LogP contribution in [-0.4, -0.2) is 77.1 Å². The summed E-state index contributed by atoms with van der Waals surface area (Å²) in [5.74, 6) is 0. The van der Waals surface area contributed by atoms with E-state index in [1.54, 1.807) is 18.9 Å². The Bertz CT molecular complexity index is 2300. The average Bonchev–Trinajstić information content (AvgIpc) is 3.20. The van der Waals surface area contributed by atoms with Gasteiger partial charge in [0.2, 0.25) is 0 Å². The quantitative estimate of drug-likeness (QED) is 0.108. The number of hydrogen-bond acceptors (Lipinski definition) is 7. The normalized spacial score (nSPS) is 12.6. The van der Waals surface area contributed by atoms with Crippen LogP contribution in [0.4, 0.5) is 22.7 Å². The summed E-state index contributed by atoms with van der Waals surface area (Å²) in [6.45, 7) is 3.20. The zero-order chi connectivity index (χ0) is 37.8. The molecule has 0 radical (unpaired) electrons. The van der Waals surface area contributed by atoms with Crippen molar-refractivity contribution < 1.29 is 0 Å². The number of aryl methyl sites for hydroxylation is 1. The lowest BCUT2D eigenvalue weighted by atomic mass is 9.31. The Hall–Kier alpha value is -6.28. The van der Waals surface area contributed by atoms with Crippen molar-refractivity contribution in [3.63, 3.8) is 0 Å². The number of aromatic nitrogens is 2. The maximum atomic E-state index is 5.58. The highest BCUT2D eigenvalue weighted by atomic mass is 15.1. The van der Waals surface area contributed by atoms with Gasteiger partial charge in [0.25, 0.3) is 6.71 Å². The van der Waals surface area contributed by atoms with Gasteiger partial charge >= 0.3 is 6.85 Å². The van der Waals surface area contributed by atoms with Crippen molar-refractivity contribution in [1.29, 1.82) is 0 Å². The molecule has 2 heterocycles. The van der Waals surface area contributed by atoms with Gasteiger partial charge in [0.1, 0.15) is 12.7 Å². The molecule has 266 valence electrons. The maximum Gasteiger partial charge on any atom is 0.365 e. The molecule has 0 amide bonds. The van der Waals surface area contributed by atoms with Gasteiger partial charge < -0.3 is 19.6 Å². The van der Waals surface area contributed by atoms with Crippen molar-refractivity contribution in [3.8, 4) is 22.3 Å². The van der Waals surface area contributed by atoms with Gasteiger partial charge in [-0.1, -0.05) is 91.0 Å². The fourth-order valence-electron chi connectivity index (χ4n) is 7.29. The van der Waals surface area contributed by atoms with E-state index in [9.17, 15) is 0 Å². The fourth-order valence-corrected chi connectivity index (χ4v) is 7.29. The number of anilines is 4. The van der Waals surface area contributed by atoms with Gasteiger partial charge in [0, 0.05) is 76.0 Å². The highest BCUT2D eigenvalue weighted by molar-refractivity contribution is 7.15. The molecule has 1 aliphatic heterocycles. The van der Waals surface area contributed by atoms with Crippen molar-refractivity contribution in [3.05, 3.63) is 133 Å². The molecule has 0 aliphatic carbocycles. The number of aliphatic imine (C=N–C) groups is 2. The summed E-state index contributed by atoms with van der Waals surface area (Å²) >= 11 is 0. The van der Waals surface area contributed by atoms with Crippen LogP contribution in [-0.2, 0) is 0 Å². The van der Waals surface area contributed by atoms with E-state index in [4.69, 9.17) is 14.9 Å². The van der Waals surface area contributed by atoms with Crippen LogP contribution in [0.1, 0.15) is 12.5 Å². The summed E-state index contributed by atoms with van der Waals surface area (Å²) in [4.78, 5) is 31.3.